The van der Waals surface area contributed by atoms with E-state index in [1.165, 1.54) is 19.4 Å². The summed E-state index contributed by atoms with van der Waals surface area (Å²) in [7, 11) is 1.50. The highest BCUT2D eigenvalue weighted by atomic mass is 35.5. The summed E-state index contributed by atoms with van der Waals surface area (Å²) in [5.41, 5.74) is 1.63. The van der Waals surface area contributed by atoms with Crippen molar-refractivity contribution in [2.75, 3.05) is 12.4 Å². The number of carbonyl (C=O) groups excluding carboxylic acids is 1. The van der Waals surface area contributed by atoms with Crippen molar-refractivity contribution in [1.29, 1.82) is 5.41 Å². The molecule has 1 amide bonds. The van der Waals surface area contributed by atoms with Gasteiger partial charge in [0.05, 0.1) is 24.4 Å². The lowest BCUT2D eigenvalue weighted by Gasteiger charge is -2.10. The summed E-state index contributed by atoms with van der Waals surface area (Å²) in [6, 6.07) is 6.33. The maximum atomic E-state index is 12.6. The van der Waals surface area contributed by atoms with Crippen LogP contribution in [-0.2, 0) is 6.61 Å². The van der Waals surface area contributed by atoms with Crippen molar-refractivity contribution in [3.63, 3.8) is 0 Å². The highest BCUT2D eigenvalue weighted by Gasteiger charge is 2.16. The van der Waals surface area contributed by atoms with Crippen molar-refractivity contribution in [2.24, 2.45) is 0 Å². The third-order valence-corrected chi connectivity index (χ3v) is 4.19. The molecule has 0 aliphatic rings. The lowest BCUT2D eigenvalue weighted by molar-refractivity contribution is 0.102. The maximum absolute atomic E-state index is 12.6. The number of pyridine rings is 1. The first-order valence-electron chi connectivity index (χ1n) is 7.67. The molecule has 134 valence electrons. The van der Waals surface area contributed by atoms with E-state index >= 15 is 0 Å². The number of amides is 1. The SMILES string of the molecule is COc1ccc(NC(=O)c2cc3c(CO)cnc(C)c3oc2=N)cc1Cl. The Kier molecular flexibility index (Phi) is 4.92. The molecule has 0 fully saturated rings. The summed E-state index contributed by atoms with van der Waals surface area (Å²) in [6.07, 6.45) is 1.52. The van der Waals surface area contributed by atoms with Crippen molar-refractivity contribution in [2.45, 2.75) is 13.5 Å². The topological polar surface area (TPSA) is 108 Å². The smallest absolute Gasteiger partial charge is 0.261 e. The predicted molar refractivity (Wildman–Crippen MR) is 96.5 cm³/mol. The minimum atomic E-state index is -0.528. The normalized spacial score (nSPS) is 10.8. The van der Waals surface area contributed by atoms with Gasteiger partial charge in [0.2, 0.25) is 5.55 Å². The quantitative estimate of drug-likeness (QED) is 0.651. The molecular weight excluding hydrogens is 358 g/mol. The minimum Gasteiger partial charge on any atom is -0.495 e. The van der Waals surface area contributed by atoms with Crippen LogP contribution in [0.5, 0.6) is 5.75 Å². The van der Waals surface area contributed by atoms with Gasteiger partial charge >= 0.3 is 0 Å². The molecule has 0 spiro atoms. The Morgan fingerprint density at radius 1 is 1.42 bits per heavy atom. The standard InChI is InChI=1S/C18H16ClN3O4/c1-9-16-12(10(8-23)7-21-9)6-13(17(20)26-16)18(24)22-11-3-4-15(25-2)14(19)5-11/h3-7,20,23H,8H2,1-2H3,(H,22,24). The van der Waals surface area contributed by atoms with Crippen LogP contribution in [0.2, 0.25) is 5.02 Å². The number of rotatable bonds is 4. The van der Waals surface area contributed by atoms with E-state index in [4.69, 9.17) is 26.2 Å². The summed E-state index contributed by atoms with van der Waals surface area (Å²) in [4.78, 5) is 16.7. The number of anilines is 1. The Morgan fingerprint density at radius 2 is 2.19 bits per heavy atom. The number of aryl methyl sites for hydroxylation is 1. The number of hydrogen-bond donors (Lipinski definition) is 3. The van der Waals surface area contributed by atoms with Crippen LogP contribution >= 0.6 is 11.6 Å². The van der Waals surface area contributed by atoms with Crippen molar-refractivity contribution in [3.05, 3.63) is 57.9 Å². The molecule has 0 aliphatic carbocycles. The third kappa shape index (κ3) is 3.26. The van der Waals surface area contributed by atoms with Gasteiger partial charge in [-0.3, -0.25) is 15.2 Å². The van der Waals surface area contributed by atoms with Crippen LogP contribution in [0.25, 0.3) is 11.0 Å². The molecule has 3 rings (SSSR count). The minimum absolute atomic E-state index is 0.0322. The Bertz CT molecular complexity index is 1060. The van der Waals surface area contributed by atoms with E-state index in [1.54, 1.807) is 25.1 Å². The molecule has 2 heterocycles. The van der Waals surface area contributed by atoms with Gasteiger partial charge in [0.25, 0.3) is 5.91 Å². The fourth-order valence-corrected chi connectivity index (χ4v) is 2.79. The number of fused-ring (bicyclic) bond motifs is 1. The van der Waals surface area contributed by atoms with Crippen LogP contribution in [0.1, 0.15) is 21.6 Å². The van der Waals surface area contributed by atoms with Gasteiger partial charge in [-0.1, -0.05) is 11.6 Å². The first-order chi connectivity index (χ1) is 12.4. The molecule has 0 saturated heterocycles. The van der Waals surface area contributed by atoms with Gasteiger partial charge < -0.3 is 19.6 Å². The lowest BCUT2D eigenvalue weighted by Crippen LogP contribution is -2.21. The average molecular weight is 374 g/mol. The number of nitrogens with zero attached hydrogens (tertiary/aromatic N) is 1. The zero-order valence-electron chi connectivity index (χ0n) is 14.1. The second-order valence-electron chi connectivity index (χ2n) is 5.56. The summed E-state index contributed by atoms with van der Waals surface area (Å²) >= 11 is 6.06. The number of methoxy groups -OCH3 is 1. The number of carbonyl (C=O) groups is 1. The number of benzene rings is 1. The monoisotopic (exact) mass is 373 g/mol. The Hall–Kier alpha value is -2.90. The van der Waals surface area contributed by atoms with E-state index in [0.29, 0.717) is 38.7 Å². The van der Waals surface area contributed by atoms with E-state index in [2.05, 4.69) is 10.3 Å². The fraction of sp³-hybridized carbons (Fsp3) is 0.167. The van der Waals surface area contributed by atoms with Gasteiger partial charge in [-0.2, -0.15) is 0 Å². The van der Waals surface area contributed by atoms with E-state index in [9.17, 15) is 9.90 Å². The summed E-state index contributed by atoms with van der Waals surface area (Å²) < 4.78 is 10.5. The summed E-state index contributed by atoms with van der Waals surface area (Å²) in [5.74, 6) is -0.0395. The second-order valence-corrected chi connectivity index (χ2v) is 5.97. The third-order valence-electron chi connectivity index (χ3n) is 3.90. The van der Waals surface area contributed by atoms with Crippen molar-refractivity contribution in [1.82, 2.24) is 4.98 Å². The highest BCUT2D eigenvalue weighted by molar-refractivity contribution is 6.32. The zero-order valence-corrected chi connectivity index (χ0v) is 14.8. The van der Waals surface area contributed by atoms with Crippen LogP contribution in [-0.4, -0.2) is 23.1 Å². The number of halogens is 1. The number of aliphatic hydroxyl groups is 1. The van der Waals surface area contributed by atoms with Gasteiger partial charge in [-0.25, -0.2) is 0 Å². The maximum Gasteiger partial charge on any atom is 0.261 e. The lowest BCUT2D eigenvalue weighted by atomic mass is 10.1. The first kappa shape index (κ1) is 17.9. The molecule has 0 unspecified atom stereocenters. The molecule has 7 nitrogen and oxygen atoms in total. The highest BCUT2D eigenvalue weighted by Crippen LogP contribution is 2.27. The van der Waals surface area contributed by atoms with Crippen LogP contribution < -0.4 is 15.6 Å². The Morgan fingerprint density at radius 3 is 2.85 bits per heavy atom. The van der Waals surface area contributed by atoms with E-state index < -0.39 is 5.91 Å². The largest absolute Gasteiger partial charge is 0.495 e. The predicted octanol–water partition coefficient (Wildman–Crippen LogP) is 3.02. The van der Waals surface area contributed by atoms with Crippen LogP contribution in [0.4, 0.5) is 5.69 Å². The van der Waals surface area contributed by atoms with Crippen molar-refractivity contribution in [3.8, 4) is 5.75 Å². The van der Waals surface area contributed by atoms with E-state index in [0.717, 1.165) is 0 Å². The molecule has 3 aromatic rings. The Labute approximate surface area is 153 Å². The number of aliphatic hydroxyl groups excluding tert-OH is 1. The van der Waals surface area contributed by atoms with Crippen LogP contribution in [0, 0.1) is 12.3 Å². The van der Waals surface area contributed by atoms with Crippen molar-refractivity contribution >= 4 is 34.2 Å². The van der Waals surface area contributed by atoms with E-state index in [1.807, 2.05) is 0 Å². The van der Waals surface area contributed by atoms with Crippen molar-refractivity contribution < 1.29 is 19.1 Å². The van der Waals surface area contributed by atoms with Gasteiger partial charge in [0, 0.05) is 22.8 Å². The molecule has 8 heteroatoms. The van der Waals surface area contributed by atoms with E-state index in [-0.39, 0.29) is 17.7 Å². The zero-order chi connectivity index (χ0) is 18.8. The van der Waals surface area contributed by atoms with Crippen LogP contribution in [0.15, 0.2) is 34.9 Å². The molecule has 0 saturated carbocycles. The number of nitrogens with one attached hydrogen (secondary N) is 2. The molecular formula is C18H16ClN3O4. The van der Waals surface area contributed by atoms with Gasteiger partial charge in [-0.15, -0.1) is 0 Å². The average Bonchev–Trinajstić information content (AvgIpc) is 2.62. The molecule has 3 N–H and O–H groups in total. The fourth-order valence-electron chi connectivity index (χ4n) is 2.53. The number of hydrogen-bond acceptors (Lipinski definition) is 6. The van der Waals surface area contributed by atoms with Gasteiger partial charge in [0.15, 0.2) is 5.58 Å². The summed E-state index contributed by atoms with van der Waals surface area (Å²) in [6.45, 7) is 1.47. The molecule has 0 aliphatic heterocycles. The molecule has 0 bridgehead atoms. The molecule has 26 heavy (non-hydrogen) atoms. The second kappa shape index (κ2) is 7.15. The Balaban J connectivity index is 2.02. The molecule has 0 atom stereocenters. The van der Waals surface area contributed by atoms with Gasteiger partial charge in [-0.05, 0) is 31.2 Å². The molecule has 1 aromatic carbocycles. The number of aromatic nitrogens is 1. The first-order valence-corrected chi connectivity index (χ1v) is 8.05. The molecule has 0 radical (unpaired) electrons. The van der Waals surface area contributed by atoms with Crippen LogP contribution in [0.3, 0.4) is 0 Å². The summed E-state index contributed by atoms with van der Waals surface area (Å²) in [5, 5.41) is 21.1. The number of ether oxygens (including phenoxy) is 1. The molecule has 2 aromatic heterocycles. The van der Waals surface area contributed by atoms with Gasteiger partial charge in [0.1, 0.15) is 11.3 Å².